The van der Waals surface area contributed by atoms with E-state index in [-0.39, 0.29) is 11.8 Å². The third kappa shape index (κ3) is 3.06. The Morgan fingerprint density at radius 1 is 1.23 bits per heavy atom. The molecule has 0 unspecified atom stereocenters. The minimum absolute atomic E-state index is 0.0338. The standard InChI is InChI=1S/C18H22N2O2/c1-2-16(21)20-15-8-4-13(5-9-15)17(22)19-12-18(10-3-11-18)14-6-7-14/h2,4-5,8-9,14H,1,3,6-7,10-12H2,(H,19,22)(H,20,21). The van der Waals surface area contributed by atoms with Crippen LogP contribution in [0.5, 0.6) is 0 Å². The number of hydrogen-bond acceptors (Lipinski definition) is 2. The minimum atomic E-state index is -0.256. The van der Waals surface area contributed by atoms with E-state index in [2.05, 4.69) is 17.2 Å². The van der Waals surface area contributed by atoms with Gasteiger partial charge in [0.1, 0.15) is 0 Å². The number of amides is 2. The van der Waals surface area contributed by atoms with Crippen molar-refractivity contribution in [3.05, 3.63) is 42.5 Å². The third-order valence-electron chi connectivity index (χ3n) is 4.99. The van der Waals surface area contributed by atoms with Crippen molar-refractivity contribution < 1.29 is 9.59 Å². The zero-order chi connectivity index (χ0) is 15.6. The molecule has 2 N–H and O–H groups in total. The largest absolute Gasteiger partial charge is 0.351 e. The highest BCUT2D eigenvalue weighted by Crippen LogP contribution is 2.56. The first-order valence-corrected chi connectivity index (χ1v) is 7.95. The van der Waals surface area contributed by atoms with Gasteiger partial charge in [-0.15, -0.1) is 0 Å². The first-order valence-electron chi connectivity index (χ1n) is 7.95. The van der Waals surface area contributed by atoms with E-state index >= 15 is 0 Å². The molecule has 0 spiro atoms. The van der Waals surface area contributed by atoms with Crippen LogP contribution in [0, 0.1) is 11.3 Å². The van der Waals surface area contributed by atoms with Crippen molar-refractivity contribution >= 4 is 17.5 Å². The quantitative estimate of drug-likeness (QED) is 0.793. The number of anilines is 1. The molecule has 4 heteroatoms. The summed E-state index contributed by atoms with van der Waals surface area (Å²) in [5, 5.41) is 5.76. The lowest BCUT2D eigenvalue weighted by atomic mass is 9.65. The van der Waals surface area contributed by atoms with E-state index in [1.165, 1.54) is 38.2 Å². The number of hydrogen-bond donors (Lipinski definition) is 2. The Balaban J connectivity index is 1.55. The molecule has 0 radical (unpaired) electrons. The van der Waals surface area contributed by atoms with Crippen molar-refractivity contribution in [2.45, 2.75) is 32.1 Å². The second-order valence-corrected chi connectivity index (χ2v) is 6.44. The van der Waals surface area contributed by atoms with Crippen LogP contribution in [-0.2, 0) is 4.79 Å². The van der Waals surface area contributed by atoms with Gasteiger partial charge >= 0.3 is 0 Å². The van der Waals surface area contributed by atoms with Crippen LogP contribution < -0.4 is 10.6 Å². The maximum atomic E-state index is 12.2. The van der Waals surface area contributed by atoms with Crippen molar-refractivity contribution in [1.29, 1.82) is 0 Å². The topological polar surface area (TPSA) is 58.2 Å². The second kappa shape index (κ2) is 5.95. The fourth-order valence-corrected chi connectivity index (χ4v) is 3.31. The monoisotopic (exact) mass is 298 g/mol. The molecule has 1 aromatic rings. The SMILES string of the molecule is C=CC(=O)Nc1ccc(C(=O)NCC2(C3CC3)CCC2)cc1. The predicted molar refractivity (Wildman–Crippen MR) is 86.6 cm³/mol. The highest BCUT2D eigenvalue weighted by atomic mass is 16.2. The summed E-state index contributed by atoms with van der Waals surface area (Å²) in [6, 6.07) is 6.93. The molecular weight excluding hydrogens is 276 g/mol. The van der Waals surface area contributed by atoms with Crippen LogP contribution >= 0.6 is 0 Å². The maximum Gasteiger partial charge on any atom is 0.251 e. The van der Waals surface area contributed by atoms with E-state index in [0.29, 0.717) is 16.7 Å². The molecule has 2 saturated carbocycles. The second-order valence-electron chi connectivity index (χ2n) is 6.44. The van der Waals surface area contributed by atoms with Crippen LogP contribution in [0.25, 0.3) is 0 Å². The molecule has 4 nitrogen and oxygen atoms in total. The number of benzene rings is 1. The van der Waals surface area contributed by atoms with Gasteiger partial charge in [0.05, 0.1) is 0 Å². The van der Waals surface area contributed by atoms with Crippen molar-refractivity contribution in [3.63, 3.8) is 0 Å². The summed E-state index contributed by atoms with van der Waals surface area (Å²) in [6.45, 7) is 4.20. The molecule has 0 saturated heterocycles. The van der Waals surface area contributed by atoms with Gasteiger partial charge in [0.25, 0.3) is 5.91 Å². The molecule has 0 atom stereocenters. The lowest BCUT2D eigenvalue weighted by Crippen LogP contribution is -2.43. The average Bonchev–Trinajstić information content (AvgIpc) is 3.31. The molecule has 0 heterocycles. The Kier molecular flexibility index (Phi) is 4.01. The van der Waals surface area contributed by atoms with E-state index in [1.807, 2.05) is 0 Å². The van der Waals surface area contributed by atoms with Gasteiger partial charge < -0.3 is 10.6 Å². The molecule has 3 rings (SSSR count). The first kappa shape index (κ1) is 14.8. The molecule has 0 aliphatic heterocycles. The summed E-state index contributed by atoms with van der Waals surface area (Å²) in [5.41, 5.74) is 1.67. The number of nitrogens with one attached hydrogen (secondary N) is 2. The van der Waals surface area contributed by atoms with E-state index in [0.717, 1.165) is 12.5 Å². The van der Waals surface area contributed by atoms with Crippen LogP contribution in [0.3, 0.4) is 0 Å². The Morgan fingerprint density at radius 2 is 1.91 bits per heavy atom. The van der Waals surface area contributed by atoms with Gasteiger partial charge in [0, 0.05) is 17.8 Å². The van der Waals surface area contributed by atoms with Gasteiger partial charge in [-0.2, -0.15) is 0 Å². The number of rotatable bonds is 6. The normalized spacial score (nSPS) is 18.9. The van der Waals surface area contributed by atoms with Crippen LogP contribution in [0.1, 0.15) is 42.5 Å². The highest BCUT2D eigenvalue weighted by molar-refractivity contribution is 5.99. The third-order valence-corrected chi connectivity index (χ3v) is 4.99. The molecule has 22 heavy (non-hydrogen) atoms. The van der Waals surface area contributed by atoms with E-state index < -0.39 is 0 Å². The van der Waals surface area contributed by atoms with Crippen LogP contribution in [0.15, 0.2) is 36.9 Å². The Labute approximate surface area is 131 Å². The highest BCUT2D eigenvalue weighted by Gasteiger charge is 2.48. The van der Waals surface area contributed by atoms with Gasteiger partial charge in [0.15, 0.2) is 0 Å². The van der Waals surface area contributed by atoms with Crippen molar-refractivity contribution in [2.75, 3.05) is 11.9 Å². The summed E-state index contributed by atoms with van der Waals surface area (Å²) in [5.74, 6) is 0.542. The molecule has 0 aromatic heterocycles. The lowest BCUT2D eigenvalue weighted by molar-refractivity contribution is -0.111. The summed E-state index contributed by atoms with van der Waals surface area (Å²) in [7, 11) is 0. The van der Waals surface area contributed by atoms with Gasteiger partial charge in [0.2, 0.25) is 5.91 Å². The molecular formula is C18H22N2O2. The molecule has 1 aromatic carbocycles. The minimum Gasteiger partial charge on any atom is -0.351 e. The molecule has 116 valence electrons. The lowest BCUT2D eigenvalue weighted by Gasteiger charge is -2.42. The fourth-order valence-electron chi connectivity index (χ4n) is 3.31. The van der Waals surface area contributed by atoms with Crippen LogP contribution in [-0.4, -0.2) is 18.4 Å². The first-order chi connectivity index (χ1) is 10.6. The summed E-state index contributed by atoms with van der Waals surface area (Å²) < 4.78 is 0. The number of carbonyl (C=O) groups is 2. The molecule has 2 aliphatic carbocycles. The Bertz CT molecular complexity index is 584. The van der Waals surface area contributed by atoms with Crippen LogP contribution in [0.2, 0.25) is 0 Å². The molecule has 2 fully saturated rings. The molecule has 2 amide bonds. The zero-order valence-electron chi connectivity index (χ0n) is 12.7. The van der Waals surface area contributed by atoms with Gasteiger partial charge in [-0.25, -0.2) is 0 Å². The summed E-state index contributed by atoms with van der Waals surface area (Å²) >= 11 is 0. The number of carbonyl (C=O) groups excluding carboxylic acids is 2. The Morgan fingerprint density at radius 3 is 2.41 bits per heavy atom. The Hall–Kier alpha value is -2.10. The van der Waals surface area contributed by atoms with E-state index in [4.69, 9.17) is 0 Å². The zero-order valence-corrected chi connectivity index (χ0v) is 12.7. The smallest absolute Gasteiger partial charge is 0.251 e. The average molecular weight is 298 g/mol. The van der Waals surface area contributed by atoms with Crippen molar-refractivity contribution in [2.24, 2.45) is 11.3 Å². The fraction of sp³-hybridized carbons (Fsp3) is 0.444. The van der Waals surface area contributed by atoms with Gasteiger partial charge in [-0.3, -0.25) is 9.59 Å². The molecule has 0 bridgehead atoms. The maximum absolute atomic E-state index is 12.2. The summed E-state index contributed by atoms with van der Waals surface area (Å²) in [4.78, 5) is 23.5. The van der Waals surface area contributed by atoms with Gasteiger partial charge in [-0.1, -0.05) is 13.0 Å². The summed E-state index contributed by atoms with van der Waals surface area (Å²) in [6.07, 6.45) is 7.68. The van der Waals surface area contributed by atoms with E-state index in [9.17, 15) is 9.59 Å². The van der Waals surface area contributed by atoms with Crippen molar-refractivity contribution in [3.8, 4) is 0 Å². The predicted octanol–water partition coefficient (Wildman–Crippen LogP) is 3.12. The van der Waals surface area contributed by atoms with Gasteiger partial charge in [-0.05, 0) is 67.4 Å². The van der Waals surface area contributed by atoms with Crippen molar-refractivity contribution in [1.82, 2.24) is 5.32 Å². The van der Waals surface area contributed by atoms with E-state index in [1.54, 1.807) is 24.3 Å². The molecule has 2 aliphatic rings. The van der Waals surface area contributed by atoms with Crippen LogP contribution in [0.4, 0.5) is 5.69 Å².